The van der Waals surface area contributed by atoms with E-state index < -0.39 is 0 Å². The molecule has 4 nitrogen and oxygen atoms in total. The van der Waals surface area contributed by atoms with Crippen LogP contribution in [0.1, 0.15) is 33.6 Å². The molecule has 3 N–H and O–H groups in total. The summed E-state index contributed by atoms with van der Waals surface area (Å²) in [5, 5.41) is 3.40. The Kier molecular flexibility index (Phi) is 5.22. The van der Waals surface area contributed by atoms with Crippen LogP contribution >= 0.6 is 0 Å². The predicted molar refractivity (Wildman–Crippen MR) is 66.1 cm³/mol. The smallest absolute Gasteiger partial charge is 0.234 e. The van der Waals surface area contributed by atoms with E-state index in [9.17, 15) is 4.79 Å². The van der Waals surface area contributed by atoms with E-state index >= 15 is 0 Å². The van der Waals surface area contributed by atoms with Gasteiger partial charge in [0, 0.05) is 12.6 Å². The Bertz CT molecular complexity index is 224. The Morgan fingerprint density at radius 1 is 1.50 bits per heavy atom. The first-order valence-corrected chi connectivity index (χ1v) is 6.28. The molecule has 0 aromatic rings. The minimum Gasteiger partial charge on any atom is -0.368 e. The Hall–Kier alpha value is -0.610. The number of rotatable bonds is 5. The zero-order chi connectivity index (χ0) is 12.1. The van der Waals surface area contributed by atoms with Crippen LogP contribution in [-0.4, -0.2) is 42.5 Å². The van der Waals surface area contributed by atoms with E-state index in [0.29, 0.717) is 12.0 Å². The van der Waals surface area contributed by atoms with Crippen molar-refractivity contribution in [2.45, 2.75) is 45.7 Å². The summed E-state index contributed by atoms with van der Waals surface area (Å²) in [5.74, 6) is 0.426. The average Bonchev–Trinajstić information content (AvgIpc) is 2.26. The number of amides is 1. The number of primary amides is 1. The van der Waals surface area contributed by atoms with Crippen molar-refractivity contribution in [2.75, 3.05) is 19.6 Å². The van der Waals surface area contributed by atoms with Crippen molar-refractivity contribution < 1.29 is 4.79 Å². The van der Waals surface area contributed by atoms with Crippen LogP contribution in [0.2, 0.25) is 0 Å². The first-order chi connectivity index (χ1) is 7.52. The second kappa shape index (κ2) is 6.21. The topological polar surface area (TPSA) is 58.4 Å². The molecule has 1 aliphatic rings. The molecule has 2 unspecified atom stereocenters. The van der Waals surface area contributed by atoms with E-state index in [-0.39, 0.29) is 11.9 Å². The Balaban J connectivity index is 2.52. The highest BCUT2D eigenvalue weighted by atomic mass is 16.1. The van der Waals surface area contributed by atoms with E-state index in [0.717, 1.165) is 19.6 Å². The van der Waals surface area contributed by atoms with Crippen LogP contribution in [0.5, 0.6) is 0 Å². The molecule has 0 aliphatic carbocycles. The van der Waals surface area contributed by atoms with Crippen LogP contribution in [-0.2, 0) is 4.79 Å². The summed E-state index contributed by atoms with van der Waals surface area (Å²) in [6, 6.07) is 0.200. The Morgan fingerprint density at radius 2 is 2.19 bits per heavy atom. The number of piperidine rings is 1. The molecule has 2 atom stereocenters. The summed E-state index contributed by atoms with van der Waals surface area (Å²) in [4.78, 5) is 13.5. The largest absolute Gasteiger partial charge is 0.368 e. The summed E-state index contributed by atoms with van der Waals surface area (Å²) in [5.41, 5.74) is 5.38. The molecular weight excluding hydrogens is 202 g/mol. The summed E-state index contributed by atoms with van der Waals surface area (Å²) in [6.45, 7) is 9.30. The van der Waals surface area contributed by atoms with Crippen molar-refractivity contribution in [1.82, 2.24) is 10.2 Å². The Labute approximate surface area is 98.6 Å². The van der Waals surface area contributed by atoms with Gasteiger partial charge in [0.25, 0.3) is 0 Å². The summed E-state index contributed by atoms with van der Waals surface area (Å²) in [7, 11) is 0. The number of hydrogen-bond acceptors (Lipinski definition) is 3. The van der Waals surface area contributed by atoms with Gasteiger partial charge >= 0.3 is 0 Å². The van der Waals surface area contributed by atoms with Crippen LogP contribution in [0.3, 0.4) is 0 Å². The van der Waals surface area contributed by atoms with Crippen molar-refractivity contribution in [3.05, 3.63) is 0 Å². The van der Waals surface area contributed by atoms with Crippen molar-refractivity contribution in [3.63, 3.8) is 0 Å². The average molecular weight is 227 g/mol. The third-order valence-corrected chi connectivity index (χ3v) is 3.44. The van der Waals surface area contributed by atoms with Gasteiger partial charge in [-0.25, -0.2) is 0 Å². The first kappa shape index (κ1) is 13.5. The van der Waals surface area contributed by atoms with E-state index in [4.69, 9.17) is 5.73 Å². The highest BCUT2D eigenvalue weighted by molar-refractivity contribution is 5.79. The van der Waals surface area contributed by atoms with Gasteiger partial charge in [0.15, 0.2) is 0 Å². The summed E-state index contributed by atoms with van der Waals surface area (Å²) >= 11 is 0. The van der Waals surface area contributed by atoms with Crippen molar-refractivity contribution in [2.24, 2.45) is 11.7 Å². The van der Waals surface area contributed by atoms with Crippen molar-refractivity contribution in [3.8, 4) is 0 Å². The molecule has 1 rings (SSSR count). The molecule has 0 radical (unpaired) electrons. The maximum absolute atomic E-state index is 11.3. The monoisotopic (exact) mass is 227 g/mol. The molecule has 1 saturated heterocycles. The molecule has 0 saturated carbocycles. The normalized spacial score (nSPS) is 23.7. The van der Waals surface area contributed by atoms with E-state index in [1.165, 1.54) is 12.8 Å². The lowest BCUT2D eigenvalue weighted by atomic mass is 9.97. The SMILES string of the molecule is CC(C)N(CC1CCCNC1)C(C)C(N)=O. The number of nitrogens with zero attached hydrogens (tertiary/aromatic N) is 1. The number of carbonyl (C=O) groups is 1. The summed E-state index contributed by atoms with van der Waals surface area (Å²) < 4.78 is 0. The first-order valence-electron chi connectivity index (χ1n) is 6.28. The number of nitrogens with one attached hydrogen (secondary N) is 1. The standard InChI is InChI=1S/C12H25N3O/c1-9(2)15(10(3)12(13)16)8-11-5-4-6-14-7-11/h9-11,14H,4-8H2,1-3H3,(H2,13,16). The fourth-order valence-corrected chi connectivity index (χ4v) is 2.36. The molecule has 94 valence electrons. The fourth-order valence-electron chi connectivity index (χ4n) is 2.36. The number of nitrogens with two attached hydrogens (primary N) is 1. The second-order valence-corrected chi connectivity index (χ2v) is 5.08. The predicted octanol–water partition coefficient (Wildman–Crippen LogP) is 0.570. The van der Waals surface area contributed by atoms with Crippen molar-refractivity contribution >= 4 is 5.91 Å². The molecule has 0 bridgehead atoms. The molecule has 0 spiro atoms. The molecule has 1 aliphatic heterocycles. The third kappa shape index (κ3) is 3.76. The van der Waals surface area contributed by atoms with Gasteiger partial charge in [-0.15, -0.1) is 0 Å². The molecule has 4 heteroatoms. The lowest BCUT2D eigenvalue weighted by molar-refractivity contribution is -0.123. The molecule has 0 aromatic carbocycles. The highest BCUT2D eigenvalue weighted by Crippen LogP contribution is 2.15. The molecular formula is C12H25N3O. The lowest BCUT2D eigenvalue weighted by Gasteiger charge is -2.35. The Morgan fingerprint density at radius 3 is 2.62 bits per heavy atom. The number of carbonyl (C=O) groups excluding carboxylic acids is 1. The summed E-state index contributed by atoms with van der Waals surface area (Å²) in [6.07, 6.45) is 2.49. The van der Waals surface area contributed by atoms with Crippen LogP contribution < -0.4 is 11.1 Å². The molecule has 1 amide bonds. The maximum atomic E-state index is 11.3. The zero-order valence-corrected chi connectivity index (χ0v) is 10.7. The van der Waals surface area contributed by atoms with Gasteiger partial charge < -0.3 is 11.1 Å². The van der Waals surface area contributed by atoms with E-state index in [1.807, 2.05) is 6.92 Å². The van der Waals surface area contributed by atoms with Gasteiger partial charge in [0.1, 0.15) is 0 Å². The quantitative estimate of drug-likeness (QED) is 0.722. The van der Waals surface area contributed by atoms with Gasteiger partial charge in [-0.1, -0.05) is 0 Å². The lowest BCUT2D eigenvalue weighted by Crippen LogP contribution is -2.50. The molecule has 16 heavy (non-hydrogen) atoms. The number of hydrogen-bond donors (Lipinski definition) is 2. The van der Waals surface area contributed by atoms with Gasteiger partial charge in [0.05, 0.1) is 6.04 Å². The zero-order valence-electron chi connectivity index (χ0n) is 10.7. The molecule has 1 fully saturated rings. The van der Waals surface area contributed by atoms with Crippen LogP contribution in [0, 0.1) is 5.92 Å². The van der Waals surface area contributed by atoms with Crippen LogP contribution in [0.4, 0.5) is 0 Å². The molecule has 1 heterocycles. The van der Waals surface area contributed by atoms with Gasteiger partial charge in [-0.05, 0) is 52.6 Å². The van der Waals surface area contributed by atoms with E-state index in [1.54, 1.807) is 0 Å². The van der Waals surface area contributed by atoms with Crippen LogP contribution in [0.25, 0.3) is 0 Å². The van der Waals surface area contributed by atoms with E-state index in [2.05, 4.69) is 24.1 Å². The minimum absolute atomic E-state index is 0.165. The highest BCUT2D eigenvalue weighted by Gasteiger charge is 2.25. The second-order valence-electron chi connectivity index (χ2n) is 5.08. The third-order valence-electron chi connectivity index (χ3n) is 3.44. The van der Waals surface area contributed by atoms with Gasteiger partial charge in [-0.3, -0.25) is 9.69 Å². The fraction of sp³-hybridized carbons (Fsp3) is 0.917. The minimum atomic E-state index is -0.225. The van der Waals surface area contributed by atoms with Gasteiger partial charge in [-0.2, -0.15) is 0 Å². The van der Waals surface area contributed by atoms with Gasteiger partial charge in [0.2, 0.25) is 5.91 Å². The maximum Gasteiger partial charge on any atom is 0.234 e. The van der Waals surface area contributed by atoms with Crippen molar-refractivity contribution in [1.29, 1.82) is 0 Å². The van der Waals surface area contributed by atoms with Crippen LogP contribution in [0.15, 0.2) is 0 Å². The molecule has 0 aromatic heterocycles.